The van der Waals surface area contributed by atoms with E-state index in [0.717, 1.165) is 54.6 Å². The van der Waals surface area contributed by atoms with Gasteiger partial charge in [-0.2, -0.15) is 0 Å². The molecule has 34 heavy (non-hydrogen) atoms. The van der Waals surface area contributed by atoms with Gasteiger partial charge in [-0.1, -0.05) is 49.2 Å². The minimum Gasteiger partial charge on any atom is -0.321 e. The first-order chi connectivity index (χ1) is 16.6. The molecule has 2 aromatic carbocycles. The number of aromatic amines is 1. The zero-order chi connectivity index (χ0) is 23.2. The SMILES string of the molecule is Cc1ccc2cc([C@H](c3nnnn3C3CCCC3)N3CCc4ccccc4C3)c(=O)[nH]c2c1C. The highest BCUT2D eigenvalue weighted by molar-refractivity contribution is 5.83. The van der Waals surface area contributed by atoms with Crippen LogP contribution in [0.2, 0.25) is 0 Å². The highest BCUT2D eigenvalue weighted by Gasteiger charge is 2.34. The van der Waals surface area contributed by atoms with Crippen molar-refractivity contribution in [2.45, 2.75) is 64.6 Å². The van der Waals surface area contributed by atoms with Gasteiger partial charge >= 0.3 is 0 Å². The van der Waals surface area contributed by atoms with E-state index >= 15 is 0 Å². The number of hydrogen-bond donors (Lipinski definition) is 1. The molecule has 1 aliphatic carbocycles. The second kappa shape index (κ2) is 8.47. The molecule has 174 valence electrons. The number of pyridine rings is 1. The normalized spacial score (nSPS) is 17.8. The van der Waals surface area contributed by atoms with Crippen molar-refractivity contribution in [3.05, 3.63) is 86.5 Å². The van der Waals surface area contributed by atoms with E-state index in [1.165, 1.54) is 29.5 Å². The minimum atomic E-state index is -0.307. The minimum absolute atomic E-state index is 0.0639. The summed E-state index contributed by atoms with van der Waals surface area (Å²) in [5.74, 6) is 0.778. The second-order valence-corrected chi connectivity index (χ2v) is 9.84. The molecular formula is C27H30N6O. The van der Waals surface area contributed by atoms with Crippen LogP contribution in [0.15, 0.2) is 47.3 Å². The molecule has 1 atom stereocenters. The number of hydrogen-bond acceptors (Lipinski definition) is 5. The Morgan fingerprint density at radius 2 is 1.85 bits per heavy atom. The lowest BCUT2D eigenvalue weighted by atomic mass is 9.95. The van der Waals surface area contributed by atoms with Gasteiger partial charge in [0.15, 0.2) is 5.82 Å². The summed E-state index contributed by atoms with van der Waals surface area (Å²) in [5.41, 5.74) is 6.53. The largest absolute Gasteiger partial charge is 0.321 e. The standard InChI is InChI=1S/C27H30N6O/c1-17-11-12-20-15-23(27(34)28-24(20)18(17)2)25(26-29-30-31-33(26)22-9-5-6-10-22)32-14-13-19-7-3-4-8-21(19)16-32/h3-4,7-8,11-12,15,22,25H,5-6,9-10,13-14,16H2,1-2H3,(H,28,34)/t25-/m1/s1. The molecule has 3 heterocycles. The van der Waals surface area contributed by atoms with Gasteiger partial charge in [-0.25, -0.2) is 4.68 Å². The van der Waals surface area contributed by atoms with Crippen molar-refractivity contribution in [3.63, 3.8) is 0 Å². The highest BCUT2D eigenvalue weighted by Crippen LogP contribution is 2.36. The van der Waals surface area contributed by atoms with E-state index in [4.69, 9.17) is 0 Å². The number of rotatable bonds is 4. The molecule has 2 aromatic heterocycles. The number of benzene rings is 2. The van der Waals surface area contributed by atoms with Crippen molar-refractivity contribution in [3.8, 4) is 0 Å². The van der Waals surface area contributed by atoms with Crippen LogP contribution in [-0.4, -0.2) is 36.6 Å². The number of fused-ring (bicyclic) bond motifs is 2. The monoisotopic (exact) mass is 454 g/mol. The van der Waals surface area contributed by atoms with Gasteiger partial charge in [0.25, 0.3) is 5.56 Å². The van der Waals surface area contributed by atoms with Crippen molar-refractivity contribution in [2.24, 2.45) is 0 Å². The molecule has 1 fully saturated rings. The van der Waals surface area contributed by atoms with Gasteiger partial charge in [0.05, 0.1) is 11.6 Å². The Labute approximate surface area is 198 Å². The Kier molecular flexibility index (Phi) is 5.29. The van der Waals surface area contributed by atoms with Gasteiger partial charge in [-0.15, -0.1) is 5.10 Å². The van der Waals surface area contributed by atoms with Crippen LogP contribution < -0.4 is 5.56 Å². The predicted molar refractivity (Wildman–Crippen MR) is 132 cm³/mol. The topological polar surface area (TPSA) is 79.7 Å². The molecule has 0 spiro atoms. The summed E-state index contributed by atoms with van der Waals surface area (Å²) in [4.78, 5) is 19.2. The smallest absolute Gasteiger partial charge is 0.253 e. The quantitative estimate of drug-likeness (QED) is 0.495. The summed E-state index contributed by atoms with van der Waals surface area (Å²) in [6, 6.07) is 14.9. The average molecular weight is 455 g/mol. The Hall–Kier alpha value is -3.32. The van der Waals surface area contributed by atoms with Crippen LogP contribution in [0.1, 0.15) is 71.4 Å². The van der Waals surface area contributed by atoms with Crippen LogP contribution in [0.5, 0.6) is 0 Å². The molecule has 1 aliphatic heterocycles. The Morgan fingerprint density at radius 1 is 1.06 bits per heavy atom. The van der Waals surface area contributed by atoms with E-state index in [9.17, 15) is 4.79 Å². The van der Waals surface area contributed by atoms with Crippen LogP contribution >= 0.6 is 0 Å². The maximum absolute atomic E-state index is 13.6. The van der Waals surface area contributed by atoms with Crippen LogP contribution in [0.4, 0.5) is 0 Å². The fourth-order valence-corrected chi connectivity index (χ4v) is 5.77. The molecule has 0 amide bonds. The maximum atomic E-state index is 13.6. The summed E-state index contributed by atoms with van der Waals surface area (Å²) in [6.45, 7) is 5.75. The molecule has 2 aliphatic rings. The van der Waals surface area contributed by atoms with Gasteiger partial charge in [0.1, 0.15) is 6.04 Å². The third kappa shape index (κ3) is 3.55. The lowest BCUT2D eigenvalue weighted by molar-refractivity contribution is 0.190. The van der Waals surface area contributed by atoms with E-state index in [0.29, 0.717) is 11.6 Å². The molecule has 0 unspecified atom stereocenters. The Morgan fingerprint density at radius 3 is 2.68 bits per heavy atom. The molecule has 1 saturated carbocycles. The summed E-state index contributed by atoms with van der Waals surface area (Å²) in [7, 11) is 0. The van der Waals surface area contributed by atoms with Gasteiger partial charge in [0.2, 0.25) is 0 Å². The van der Waals surface area contributed by atoms with Gasteiger partial charge in [0, 0.05) is 18.7 Å². The molecule has 0 radical (unpaired) electrons. The van der Waals surface area contributed by atoms with E-state index in [-0.39, 0.29) is 11.6 Å². The van der Waals surface area contributed by atoms with Crippen LogP contribution in [0, 0.1) is 13.8 Å². The summed E-state index contributed by atoms with van der Waals surface area (Å²) in [6.07, 6.45) is 5.50. The van der Waals surface area contributed by atoms with Crippen LogP contribution in [0.25, 0.3) is 10.9 Å². The van der Waals surface area contributed by atoms with E-state index in [1.54, 1.807) is 0 Å². The number of H-pyrrole nitrogens is 1. The number of tetrazole rings is 1. The molecule has 0 saturated heterocycles. The third-order valence-corrected chi connectivity index (χ3v) is 7.83. The van der Waals surface area contributed by atoms with Crippen molar-refractivity contribution in [1.82, 2.24) is 30.1 Å². The first-order valence-corrected chi connectivity index (χ1v) is 12.3. The van der Waals surface area contributed by atoms with Gasteiger partial charge in [-0.3, -0.25) is 9.69 Å². The maximum Gasteiger partial charge on any atom is 0.253 e. The molecule has 0 bridgehead atoms. The number of aryl methyl sites for hydroxylation is 2. The molecule has 7 heteroatoms. The van der Waals surface area contributed by atoms with Crippen molar-refractivity contribution >= 4 is 10.9 Å². The summed E-state index contributed by atoms with van der Waals surface area (Å²) < 4.78 is 2.00. The summed E-state index contributed by atoms with van der Waals surface area (Å²) >= 11 is 0. The molecule has 1 N–H and O–H groups in total. The number of nitrogens with zero attached hydrogens (tertiary/aromatic N) is 5. The fraction of sp³-hybridized carbons (Fsp3) is 0.407. The second-order valence-electron chi connectivity index (χ2n) is 9.84. The van der Waals surface area contributed by atoms with Crippen molar-refractivity contribution < 1.29 is 0 Å². The van der Waals surface area contributed by atoms with E-state index < -0.39 is 0 Å². The first kappa shape index (κ1) is 21.2. The lowest BCUT2D eigenvalue weighted by Crippen LogP contribution is -2.39. The average Bonchev–Trinajstić information content (AvgIpc) is 3.55. The highest BCUT2D eigenvalue weighted by atomic mass is 16.1. The van der Waals surface area contributed by atoms with Gasteiger partial charge < -0.3 is 4.98 Å². The van der Waals surface area contributed by atoms with Crippen LogP contribution in [0.3, 0.4) is 0 Å². The molecule has 6 rings (SSSR count). The summed E-state index contributed by atoms with van der Waals surface area (Å²) in [5, 5.41) is 14.1. The van der Waals surface area contributed by atoms with Crippen molar-refractivity contribution in [2.75, 3.05) is 6.54 Å². The van der Waals surface area contributed by atoms with E-state index in [2.05, 4.69) is 81.7 Å². The Bertz CT molecular complexity index is 1410. The fourth-order valence-electron chi connectivity index (χ4n) is 5.77. The zero-order valence-corrected chi connectivity index (χ0v) is 19.8. The van der Waals surface area contributed by atoms with Gasteiger partial charge in [-0.05, 0) is 77.2 Å². The Balaban J connectivity index is 1.51. The number of aromatic nitrogens is 5. The lowest BCUT2D eigenvalue weighted by Gasteiger charge is -2.35. The van der Waals surface area contributed by atoms with Crippen LogP contribution in [-0.2, 0) is 13.0 Å². The molecule has 4 aromatic rings. The zero-order valence-electron chi connectivity index (χ0n) is 19.8. The number of nitrogens with one attached hydrogen (secondary N) is 1. The first-order valence-electron chi connectivity index (χ1n) is 12.3. The predicted octanol–water partition coefficient (Wildman–Crippen LogP) is 4.39. The van der Waals surface area contributed by atoms with E-state index in [1.807, 2.05) is 4.68 Å². The molecular weight excluding hydrogens is 424 g/mol. The van der Waals surface area contributed by atoms with Crippen molar-refractivity contribution in [1.29, 1.82) is 0 Å². The third-order valence-electron chi connectivity index (χ3n) is 7.83. The molecule has 7 nitrogen and oxygen atoms in total.